The highest BCUT2D eigenvalue weighted by atomic mass is 32.2. The molecule has 0 radical (unpaired) electrons. The minimum Gasteiger partial charge on any atom is -0.475 e. The van der Waals surface area contributed by atoms with E-state index in [1.807, 2.05) is 11.8 Å². The van der Waals surface area contributed by atoms with Gasteiger partial charge in [0.1, 0.15) is 28.7 Å². The topological polar surface area (TPSA) is 92.7 Å². The number of halogens is 1. The quantitative estimate of drug-likeness (QED) is 0.679. The molecule has 33 heavy (non-hydrogen) atoms. The first kappa shape index (κ1) is 21.0. The monoisotopic (exact) mass is 472 g/mol. The number of nitrogens with zero attached hydrogens (tertiary/aromatic N) is 4. The molecule has 1 spiro atoms. The molecule has 1 aromatic heterocycles. The van der Waals surface area contributed by atoms with Crippen LogP contribution in [0.25, 0.3) is 0 Å². The van der Waals surface area contributed by atoms with Gasteiger partial charge in [0.2, 0.25) is 15.9 Å². The maximum Gasteiger partial charge on any atom is 0.261 e. The van der Waals surface area contributed by atoms with Crippen LogP contribution in [-0.4, -0.2) is 65.3 Å². The van der Waals surface area contributed by atoms with Gasteiger partial charge in [-0.2, -0.15) is 9.29 Å². The van der Waals surface area contributed by atoms with Crippen LogP contribution in [0.15, 0.2) is 35.4 Å². The van der Waals surface area contributed by atoms with Crippen molar-refractivity contribution in [1.82, 2.24) is 19.2 Å². The standard InChI is InChI=1S/C23H25FN4O4S/c1-14-11-32-21-17(10-25-20(26-21)15-6-7-15)22(29)28(14)16-8-23(9-16)12-27(13-23)33(30,31)19-5-3-2-4-18(19)24/h2-5,10,14-16H,6-9,11-13H2,1H3/t14-/m1/s1. The summed E-state index contributed by atoms with van der Waals surface area (Å²) in [5.41, 5.74) is 0.229. The Labute approximate surface area is 191 Å². The fourth-order valence-electron chi connectivity index (χ4n) is 5.38. The van der Waals surface area contributed by atoms with Crippen molar-refractivity contribution >= 4 is 15.9 Å². The molecule has 0 N–H and O–H groups in total. The zero-order chi connectivity index (χ0) is 23.0. The number of rotatable bonds is 4. The number of sulfonamides is 1. The Hall–Kier alpha value is -2.59. The van der Waals surface area contributed by atoms with Gasteiger partial charge in [0.15, 0.2) is 0 Å². The Bertz CT molecular complexity index is 1230. The third-order valence-electron chi connectivity index (χ3n) is 7.32. The van der Waals surface area contributed by atoms with Crippen LogP contribution in [0.5, 0.6) is 5.88 Å². The van der Waals surface area contributed by atoms with Crippen molar-refractivity contribution in [2.75, 3.05) is 19.7 Å². The molecule has 2 saturated carbocycles. The van der Waals surface area contributed by atoms with Gasteiger partial charge in [-0.15, -0.1) is 0 Å². The second kappa shape index (κ2) is 7.20. The number of fused-ring (bicyclic) bond motifs is 1. The first-order chi connectivity index (χ1) is 15.8. The summed E-state index contributed by atoms with van der Waals surface area (Å²) >= 11 is 0. The molecular formula is C23H25FN4O4S. The van der Waals surface area contributed by atoms with E-state index in [0.29, 0.717) is 49.9 Å². The molecule has 174 valence electrons. The average molecular weight is 473 g/mol. The minimum atomic E-state index is -3.85. The molecule has 1 amide bonds. The molecule has 2 aliphatic heterocycles. The molecule has 2 aliphatic carbocycles. The summed E-state index contributed by atoms with van der Waals surface area (Å²) in [4.78, 5) is 23.8. The van der Waals surface area contributed by atoms with Crippen molar-refractivity contribution in [3.63, 3.8) is 0 Å². The van der Waals surface area contributed by atoms with Crippen LogP contribution in [0.1, 0.15) is 54.7 Å². The number of aromatic nitrogens is 2. The lowest BCUT2D eigenvalue weighted by atomic mass is 9.61. The molecule has 2 aromatic rings. The fourth-order valence-corrected chi connectivity index (χ4v) is 7.11. The molecular weight excluding hydrogens is 447 g/mol. The first-order valence-electron chi connectivity index (χ1n) is 11.3. The molecule has 4 aliphatic rings. The van der Waals surface area contributed by atoms with Crippen LogP contribution < -0.4 is 4.74 Å². The lowest BCUT2D eigenvalue weighted by Gasteiger charge is -2.60. The predicted octanol–water partition coefficient (Wildman–Crippen LogP) is 2.57. The van der Waals surface area contributed by atoms with Crippen molar-refractivity contribution in [2.45, 2.75) is 55.5 Å². The molecule has 1 atom stereocenters. The highest BCUT2D eigenvalue weighted by Crippen LogP contribution is 2.52. The summed E-state index contributed by atoms with van der Waals surface area (Å²) in [6, 6.07) is 5.33. The molecule has 1 aromatic carbocycles. The second-order valence-electron chi connectivity index (χ2n) is 9.86. The van der Waals surface area contributed by atoms with E-state index in [1.54, 1.807) is 6.20 Å². The van der Waals surface area contributed by atoms with Gasteiger partial charge in [-0.1, -0.05) is 12.1 Å². The van der Waals surface area contributed by atoms with E-state index >= 15 is 0 Å². The van der Waals surface area contributed by atoms with Crippen molar-refractivity contribution in [3.8, 4) is 5.88 Å². The molecule has 1 saturated heterocycles. The van der Waals surface area contributed by atoms with Gasteiger partial charge in [-0.05, 0) is 44.7 Å². The third-order valence-corrected chi connectivity index (χ3v) is 9.15. The summed E-state index contributed by atoms with van der Waals surface area (Å²) in [5.74, 6) is 0.619. The van der Waals surface area contributed by atoms with Crippen LogP contribution in [0.4, 0.5) is 4.39 Å². The molecule has 0 bridgehead atoms. The number of benzene rings is 1. The van der Waals surface area contributed by atoms with Gasteiger partial charge in [-0.25, -0.2) is 17.8 Å². The van der Waals surface area contributed by atoms with E-state index in [0.717, 1.165) is 24.7 Å². The summed E-state index contributed by atoms with van der Waals surface area (Å²) in [6.07, 6.45) is 5.15. The molecule has 0 unspecified atom stereocenters. The number of hydrogen-bond acceptors (Lipinski definition) is 6. The Morgan fingerprint density at radius 2 is 1.91 bits per heavy atom. The highest BCUT2D eigenvalue weighted by molar-refractivity contribution is 7.89. The molecule has 8 nitrogen and oxygen atoms in total. The number of hydrogen-bond donors (Lipinski definition) is 0. The largest absolute Gasteiger partial charge is 0.475 e. The van der Waals surface area contributed by atoms with E-state index in [9.17, 15) is 17.6 Å². The Kier molecular flexibility index (Phi) is 4.58. The van der Waals surface area contributed by atoms with Crippen LogP contribution in [0.3, 0.4) is 0 Å². The van der Waals surface area contributed by atoms with Crippen molar-refractivity contribution in [2.24, 2.45) is 5.41 Å². The molecule has 3 heterocycles. The van der Waals surface area contributed by atoms with Gasteiger partial charge in [-0.3, -0.25) is 4.79 Å². The lowest BCUT2D eigenvalue weighted by Crippen LogP contribution is -2.68. The Morgan fingerprint density at radius 3 is 2.61 bits per heavy atom. The van der Waals surface area contributed by atoms with E-state index < -0.39 is 15.8 Å². The maximum absolute atomic E-state index is 14.0. The van der Waals surface area contributed by atoms with Crippen molar-refractivity contribution in [1.29, 1.82) is 0 Å². The number of ether oxygens (including phenoxy) is 1. The Balaban J connectivity index is 1.15. The molecule has 3 fully saturated rings. The zero-order valence-corrected chi connectivity index (χ0v) is 19.1. The van der Waals surface area contributed by atoms with Gasteiger partial charge in [0.25, 0.3) is 5.91 Å². The summed E-state index contributed by atoms with van der Waals surface area (Å²) in [5, 5.41) is 0. The van der Waals surface area contributed by atoms with Gasteiger partial charge in [0.05, 0.1) is 6.04 Å². The summed E-state index contributed by atoms with van der Waals surface area (Å²) in [6.45, 7) is 3.01. The fraction of sp³-hybridized carbons (Fsp3) is 0.522. The van der Waals surface area contributed by atoms with Crippen LogP contribution >= 0.6 is 0 Å². The maximum atomic E-state index is 14.0. The summed E-state index contributed by atoms with van der Waals surface area (Å²) < 4.78 is 46.9. The number of carbonyl (C=O) groups excluding carboxylic acids is 1. The first-order valence-corrected chi connectivity index (χ1v) is 12.8. The third kappa shape index (κ3) is 3.33. The van der Waals surface area contributed by atoms with Crippen LogP contribution in [-0.2, 0) is 10.0 Å². The average Bonchev–Trinajstić information content (AvgIpc) is 3.57. The van der Waals surface area contributed by atoms with Gasteiger partial charge in [0, 0.05) is 36.7 Å². The van der Waals surface area contributed by atoms with E-state index in [2.05, 4.69) is 9.97 Å². The SMILES string of the molecule is C[C@@H]1COc2nc(C3CC3)ncc2C(=O)N1C1CC2(C1)CN(S(=O)(=O)c1ccccc1F)C2. The van der Waals surface area contributed by atoms with E-state index in [4.69, 9.17) is 4.74 Å². The van der Waals surface area contributed by atoms with Gasteiger partial charge < -0.3 is 9.64 Å². The minimum absolute atomic E-state index is 0.00322. The number of carbonyl (C=O) groups is 1. The van der Waals surface area contributed by atoms with Crippen molar-refractivity contribution in [3.05, 3.63) is 47.7 Å². The van der Waals surface area contributed by atoms with Crippen LogP contribution in [0, 0.1) is 11.2 Å². The molecule has 10 heteroatoms. The lowest BCUT2D eigenvalue weighted by molar-refractivity contribution is -0.0756. The molecule has 6 rings (SSSR count). The number of amides is 1. The summed E-state index contributed by atoms with van der Waals surface area (Å²) in [7, 11) is -3.85. The predicted molar refractivity (Wildman–Crippen MR) is 116 cm³/mol. The zero-order valence-electron chi connectivity index (χ0n) is 18.3. The van der Waals surface area contributed by atoms with E-state index in [1.165, 1.54) is 22.5 Å². The normalized spacial score (nSPS) is 25.1. The smallest absolute Gasteiger partial charge is 0.261 e. The second-order valence-corrected chi connectivity index (χ2v) is 11.8. The highest BCUT2D eigenvalue weighted by Gasteiger charge is 2.58. The van der Waals surface area contributed by atoms with E-state index in [-0.39, 0.29) is 28.3 Å². The van der Waals surface area contributed by atoms with Crippen molar-refractivity contribution < 1.29 is 22.3 Å². The Morgan fingerprint density at radius 1 is 1.18 bits per heavy atom. The van der Waals surface area contributed by atoms with Gasteiger partial charge >= 0.3 is 0 Å². The van der Waals surface area contributed by atoms with Crippen LogP contribution in [0.2, 0.25) is 0 Å².